The molecule has 4 heterocycles. The first-order chi connectivity index (χ1) is 17.5. The minimum atomic E-state index is -5.05. The maximum atomic E-state index is 13.9. The molecule has 37 heavy (non-hydrogen) atoms. The fourth-order valence-electron chi connectivity index (χ4n) is 5.01. The molecule has 4 bridgehead atoms. The number of nitrogen functional groups attached to an aromatic ring is 1. The number of nitrogens with zero attached hydrogens (tertiary/aromatic N) is 4. The largest absolute Gasteiger partial charge is 0.426 e. The quantitative estimate of drug-likeness (QED) is 0.492. The molecule has 0 aliphatic carbocycles. The summed E-state index contributed by atoms with van der Waals surface area (Å²) in [7, 11) is -4.04. The van der Waals surface area contributed by atoms with Gasteiger partial charge in [0, 0.05) is 12.6 Å². The lowest BCUT2D eigenvalue weighted by atomic mass is 9.94. The van der Waals surface area contributed by atoms with Gasteiger partial charge in [0.05, 0.1) is 10.6 Å². The van der Waals surface area contributed by atoms with Crippen molar-refractivity contribution >= 4 is 21.3 Å². The van der Waals surface area contributed by atoms with Crippen molar-refractivity contribution in [2.45, 2.75) is 72.6 Å². The van der Waals surface area contributed by atoms with E-state index in [4.69, 9.17) is 10.2 Å². The Labute approximate surface area is 211 Å². The van der Waals surface area contributed by atoms with Crippen molar-refractivity contribution in [3.63, 3.8) is 0 Å². The number of fused-ring (bicyclic) bond motifs is 7. The molecule has 0 saturated carbocycles. The standard InChI is InChI=1S/C24H26F3N5O4S/c25-24(26,27)23(33)12-6-2-3-8-15-9-7-13-32(15)20-18(37(34,35)16-10-4-1-5-11-16)14-17(28)19(29-20)21-30-31-22(23)36-21/h1,4-5,10-11,14-15,33H,2-3,6-9,12-13,28H2/t15-,23-/m1/s1. The van der Waals surface area contributed by atoms with Gasteiger partial charge in [0.1, 0.15) is 10.7 Å². The van der Waals surface area contributed by atoms with E-state index >= 15 is 0 Å². The maximum Gasteiger partial charge on any atom is 0.426 e. The van der Waals surface area contributed by atoms with E-state index in [-0.39, 0.29) is 39.5 Å². The number of nitrogens with two attached hydrogens (primary N) is 1. The first-order valence-corrected chi connectivity index (χ1v) is 13.5. The smallest absolute Gasteiger partial charge is 0.416 e. The van der Waals surface area contributed by atoms with E-state index in [0.717, 1.165) is 12.8 Å². The molecule has 1 saturated heterocycles. The molecule has 2 aromatic heterocycles. The highest BCUT2D eigenvalue weighted by molar-refractivity contribution is 7.91. The number of aliphatic hydroxyl groups is 1. The molecule has 0 spiro atoms. The predicted octanol–water partition coefficient (Wildman–Crippen LogP) is 4.23. The Morgan fingerprint density at radius 2 is 1.81 bits per heavy atom. The Morgan fingerprint density at radius 1 is 1.08 bits per heavy atom. The lowest BCUT2D eigenvalue weighted by Crippen LogP contribution is -2.42. The van der Waals surface area contributed by atoms with Gasteiger partial charge in [-0.05, 0) is 50.3 Å². The number of benzene rings is 1. The first kappa shape index (κ1) is 25.5. The van der Waals surface area contributed by atoms with E-state index in [2.05, 4.69) is 15.2 Å². The number of sulfone groups is 1. The van der Waals surface area contributed by atoms with Gasteiger partial charge in [0.2, 0.25) is 15.4 Å². The number of anilines is 2. The van der Waals surface area contributed by atoms with E-state index < -0.39 is 39.8 Å². The summed E-state index contributed by atoms with van der Waals surface area (Å²) in [6.45, 7) is 0.557. The monoisotopic (exact) mass is 537 g/mol. The van der Waals surface area contributed by atoms with Crippen LogP contribution in [0.1, 0.15) is 50.8 Å². The Balaban J connectivity index is 1.71. The van der Waals surface area contributed by atoms with Crippen LogP contribution in [-0.2, 0) is 15.4 Å². The van der Waals surface area contributed by atoms with Crippen LogP contribution in [-0.4, -0.2) is 47.5 Å². The summed E-state index contributed by atoms with van der Waals surface area (Å²) in [4.78, 5) is 6.39. The van der Waals surface area contributed by atoms with Gasteiger partial charge in [-0.3, -0.25) is 0 Å². The maximum absolute atomic E-state index is 13.9. The van der Waals surface area contributed by atoms with Gasteiger partial charge in [-0.2, -0.15) is 13.2 Å². The minimum Gasteiger partial charge on any atom is -0.416 e. The summed E-state index contributed by atoms with van der Waals surface area (Å²) < 4.78 is 74.3. The minimum absolute atomic E-state index is 0.0589. The zero-order chi connectivity index (χ0) is 26.4. The Bertz CT molecular complexity index is 1400. The van der Waals surface area contributed by atoms with E-state index in [9.17, 15) is 26.7 Å². The van der Waals surface area contributed by atoms with Crippen molar-refractivity contribution in [3.05, 3.63) is 42.3 Å². The van der Waals surface area contributed by atoms with Gasteiger partial charge >= 0.3 is 6.18 Å². The van der Waals surface area contributed by atoms with Crippen molar-refractivity contribution in [1.82, 2.24) is 15.2 Å². The van der Waals surface area contributed by atoms with Gasteiger partial charge in [0.25, 0.3) is 11.8 Å². The highest BCUT2D eigenvalue weighted by atomic mass is 32.2. The summed E-state index contributed by atoms with van der Waals surface area (Å²) in [5, 5.41) is 17.8. The van der Waals surface area contributed by atoms with Crippen molar-refractivity contribution in [3.8, 4) is 11.6 Å². The van der Waals surface area contributed by atoms with Gasteiger partial charge in [0.15, 0.2) is 5.69 Å². The zero-order valence-electron chi connectivity index (χ0n) is 19.8. The predicted molar refractivity (Wildman–Crippen MR) is 127 cm³/mol. The fourth-order valence-corrected chi connectivity index (χ4v) is 6.46. The third kappa shape index (κ3) is 4.43. The van der Waals surface area contributed by atoms with Crippen LogP contribution >= 0.6 is 0 Å². The van der Waals surface area contributed by atoms with Gasteiger partial charge in [-0.15, -0.1) is 10.2 Å². The van der Waals surface area contributed by atoms with Crippen LogP contribution in [0, 0.1) is 0 Å². The van der Waals surface area contributed by atoms with E-state index in [1.807, 2.05) is 4.90 Å². The number of hydrogen-bond acceptors (Lipinski definition) is 9. The molecule has 2 aliphatic rings. The second kappa shape index (κ2) is 9.28. The first-order valence-electron chi connectivity index (χ1n) is 12.0. The van der Waals surface area contributed by atoms with Gasteiger partial charge < -0.3 is 20.2 Å². The molecule has 1 aromatic carbocycles. The SMILES string of the molecule is Nc1cc(S(=O)(=O)c2ccccc2)c2nc1-c1nnc(o1)[C@@](O)(C(F)(F)F)CCCCC[C@@H]1CCCN21. The van der Waals surface area contributed by atoms with Crippen LogP contribution in [0.25, 0.3) is 11.6 Å². The van der Waals surface area contributed by atoms with E-state index in [0.29, 0.717) is 25.8 Å². The van der Waals surface area contributed by atoms with Crippen LogP contribution in [0.3, 0.4) is 0 Å². The molecule has 0 radical (unpaired) electrons. The zero-order valence-corrected chi connectivity index (χ0v) is 20.6. The normalized spacial score (nSPS) is 22.9. The third-order valence-electron chi connectivity index (χ3n) is 7.02. The third-order valence-corrected chi connectivity index (χ3v) is 8.79. The van der Waals surface area contributed by atoms with Crippen LogP contribution < -0.4 is 10.6 Å². The van der Waals surface area contributed by atoms with E-state index in [1.54, 1.807) is 18.2 Å². The average molecular weight is 538 g/mol. The molecule has 3 aromatic rings. The molecule has 2 aliphatic heterocycles. The number of hydrogen-bond donors (Lipinski definition) is 2. The lowest BCUT2D eigenvalue weighted by molar-refractivity contribution is -0.277. The molecule has 0 amide bonds. The van der Waals surface area contributed by atoms with Gasteiger partial charge in [-0.1, -0.05) is 31.0 Å². The van der Waals surface area contributed by atoms with Crippen LogP contribution in [0.4, 0.5) is 24.7 Å². The van der Waals surface area contributed by atoms with Crippen molar-refractivity contribution in [2.75, 3.05) is 17.2 Å². The molecular weight excluding hydrogens is 511 g/mol. The number of aromatic nitrogens is 3. The molecule has 198 valence electrons. The lowest BCUT2D eigenvalue weighted by Gasteiger charge is -2.29. The number of rotatable bonds is 2. The van der Waals surface area contributed by atoms with Crippen LogP contribution in [0.5, 0.6) is 0 Å². The topological polar surface area (TPSA) is 135 Å². The summed E-state index contributed by atoms with van der Waals surface area (Å²) >= 11 is 0. The molecule has 2 atom stereocenters. The van der Waals surface area contributed by atoms with Crippen molar-refractivity contribution in [1.29, 1.82) is 0 Å². The fraction of sp³-hybridized carbons (Fsp3) is 0.458. The van der Waals surface area contributed by atoms with Crippen LogP contribution in [0.2, 0.25) is 0 Å². The molecular formula is C24H26F3N5O4S. The molecule has 13 heteroatoms. The number of alkyl halides is 3. The molecule has 3 N–H and O–H groups in total. The van der Waals surface area contributed by atoms with Crippen molar-refractivity contribution in [2.24, 2.45) is 0 Å². The Morgan fingerprint density at radius 3 is 2.54 bits per heavy atom. The molecule has 0 unspecified atom stereocenters. The summed E-state index contributed by atoms with van der Waals surface area (Å²) in [5.41, 5.74) is 2.55. The Kier molecular flexibility index (Phi) is 6.39. The molecule has 9 nitrogen and oxygen atoms in total. The summed E-state index contributed by atoms with van der Waals surface area (Å²) in [5.74, 6) is -1.30. The average Bonchev–Trinajstić information content (AvgIpc) is 3.53. The second-order valence-corrected chi connectivity index (χ2v) is 11.3. The number of halogens is 3. The van der Waals surface area contributed by atoms with E-state index in [1.165, 1.54) is 18.2 Å². The van der Waals surface area contributed by atoms with Gasteiger partial charge in [-0.25, -0.2) is 13.4 Å². The molecule has 1 fully saturated rings. The number of pyridine rings is 1. The highest BCUT2D eigenvalue weighted by Gasteiger charge is 2.58. The van der Waals surface area contributed by atoms with Crippen LogP contribution in [0.15, 0.2) is 50.6 Å². The van der Waals surface area contributed by atoms with Crippen molar-refractivity contribution < 1.29 is 31.1 Å². The highest BCUT2D eigenvalue weighted by Crippen LogP contribution is 2.44. The second-order valence-electron chi connectivity index (χ2n) is 9.42. The summed E-state index contributed by atoms with van der Waals surface area (Å²) in [6, 6.07) is 9.04. The molecule has 5 rings (SSSR count). The summed E-state index contributed by atoms with van der Waals surface area (Å²) in [6.07, 6.45) is -2.36. The Hall–Kier alpha value is -3.19.